The normalized spacial score (nSPS) is 14.6. The van der Waals surface area contributed by atoms with E-state index in [0.29, 0.717) is 12.6 Å². The summed E-state index contributed by atoms with van der Waals surface area (Å²) in [6.45, 7) is 1.27. The number of hydrogen-bond donors (Lipinski definition) is 1. The third kappa shape index (κ3) is 3.58. The molecule has 1 aliphatic rings. The van der Waals surface area contributed by atoms with Crippen LogP contribution in [-0.4, -0.2) is 11.0 Å². The Morgan fingerprint density at radius 2 is 2.32 bits per heavy atom. The minimum absolute atomic E-state index is 0.423. The maximum Gasteiger partial charge on any atom is 0.146 e. The first kappa shape index (κ1) is 12.7. The summed E-state index contributed by atoms with van der Waals surface area (Å²) in [4.78, 5) is 4.06. The van der Waals surface area contributed by atoms with Crippen molar-refractivity contribution in [2.45, 2.75) is 32.0 Å². The zero-order chi connectivity index (χ0) is 13.1. The molecular formula is C14H15BrN2O2. The van der Waals surface area contributed by atoms with E-state index in [0.717, 1.165) is 28.1 Å². The van der Waals surface area contributed by atoms with Gasteiger partial charge in [-0.1, -0.05) is 0 Å². The second-order valence-electron chi connectivity index (χ2n) is 4.65. The number of rotatable bonds is 6. The van der Waals surface area contributed by atoms with Crippen molar-refractivity contribution in [1.29, 1.82) is 0 Å². The maximum atomic E-state index is 5.68. The van der Waals surface area contributed by atoms with E-state index in [9.17, 15) is 0 Å². The van der Waals surface area contributed by atoms with Crippen molar-refractivity contribution >= 4 is 15.9 Å². The molecule has 1 saturated carbocycles. The highest BCUT2D eigenvalue weighted by Crippen LogP contribution is 2.21. The minimum Gasteiger partial charge on any atom is -0.484 e. The first-order chi connectivity index (χ1) is 9.31. The molecule has 0 spiro atoms. The van der Waals surface area contributed by atoms with Crippen LogP contribution in [0.25, 0.3) is 0 Å². The monoisotopic (exact) mass is 322 g/mol. The lowest BCUT2D eigenvalue weighted by Crippen LogP contribution is -2.16. The summed E-state index contributed by atoms with van der Waals surface area (Å²) in [5.41, 5.74) is 1.16. The summed E-state index contributed by atoms with van der Waals surface area (Å²) in [5.74, 6) is 1.60. The van der Waals surface area contributed by atoms with Gasteiger partial charge in [-0.05, 0) is 40.9 Å². The van der Waals surface area contributed by atoms with Crippen LogP contribution in [0.5, 0.6) is 5.75 Å². The summed E-state index contributed by atoms with van der Waals surface area (Å²) < 4.78 is 12.1. The van der Waals surface area contributed by atoms with Crippen LogP contribution in [0.15, 0.2) is 39.7 Å². The van der Waals surface area contributed by atoms with Crippen LogP contribution in [0.1, 0.15) is 24.2 Å². The molecule has 4 nitrogen and oxygen atoms in total. The van der Waals surface area contributed by atoms with Crippen molar-refractivity contribution in [2.75, 3.05) is 0 Å². The highest BCUT2D eigenvalue weighted by molar-refractivity contribution is 9.10. The number of ether oxygens (including phenoxy) is 1. The molecule has 1 N–H and O–H groups in total. The Hall–Kier alpha value is -1.33. The third-order valence-electron chi connectivity index (χ3n) is 3.05. The molecule has 0 atom stereocenters. The summed E-state index contributed by atoms with van der Waals surface area (Å²) in [7, 11) is 0. The number of hydrogen-bond acceptors (Lipinski definition) is 4. The van der Waals surface area contributed by atoms with Gasteiger partial charge in [0.25, 0.3) is 0 Å². The van der Waals surface area contributed by atoms with E-state index in [4.69, 9.17) is 9.15 Å². The molecule has 1 aliphatic carbocycles. The Balaban J connectivity index is 1.58. The van der Waals surface area contributed by atoms with Crippen LogP contribution < -0.4 is 10.1 Å². The van der Waals surface area contributed by atoms with Gasteiger partial charge in [-0.15, -0.1) is 0 Å². The Labute approximate surface area is 120 Å². The van der Waals surface area contributed by atoms with Gasteiger partial charge in [-0.2, -0.15) is 0 Å². The predicted octanol–water partition coefficient (Wildman–Crippen LogP) is 3.27. The summed E-state index contributed by atoms with van der Waals surface area (Å²) in [6.07, 6.45) is 7.70. The van der Waals surface area contributed by atoms with E-state index >= 15 is 0 Å². The standard InChI is InChI=1S/C14H15BrN2O2/c15-11-5-13(8-16-7-11)19-9-14-10(3-4-18-14)6-17-12-1-2-12/h3-5,7-8,12,17H,1-2,6,9H2. The minimum atomic E-state index is 0.423. The van der Waals surface area contributed by atoms with Gasteiger partial charge < -0.3 is 14.5 Å². The Bertz CT molecular complexity index is 552. The van der Waals surface area contributed by atoms with Crippen LogP contribution in [0.3, 0.4) is 0 Å². The topological polar surface area (TPSA) is 47.3 Å². The first-order valence-corrected chi connectivity index (χ1v) is 7.12. The Kier molecular flexibility index (Phi) is 3.84. The molecule has 19 heavy (non-hydrogen) atoms. The van der Waals surface area contributed by atoms with E-state index in [1.807, 2.05) is 12.1 Å². The third-order valence-corrected chi connectivity index (χ3v) is 3.48. The second-order valence-corrected chi connectivity index (χ2v) is 5.57. The van der Waals surface area contributed by atoms with E-state index in [1.165, 1.54) is 12.8 Å². The van der Waals surface area contributed by atoms with E-state index in [2.05, 4.69) is 26.2 Å². The van der Waals surface area contributed by atoms with E-state index < -0.39 is 0 Å². The number of halogens is 1. The van der Waals surface area contributed by atoms with E-state index in [1.54, 1.807) is 18.7 Å². The quantitative estimate of drug-likeness (QED) is 0.886. The van der Waals surface area contributed by atoms with Crippen molar-refractivity contribution in [1.82, 2.24) is 10.3 Å². The Morgan fingerprint density at radius 1 is 1.42 bits per heavy atom. The number of furan rings is 1. The summed E-state index contributed by atoms with van der Waals surface area (Å²) in [5, 5.41) is 3.47. The van der Waals surface area contributed by atoms with Crippen molar-refractivity contribution in [3.8, 4) is 5.75 Å². The molecule has 0 aliphatic heterocycles. The average molecular weight is 323 g/mol. The molecule has 1 fully saturated rings. The average Bonchev–Trinajstić information content (AvgIpc) is 3.13. The lowest BCUT2D eigenvalue weighted by molar-refractivity contribution is 0.267. The molecule has 0 amide bonds. The molecule has 2 heterocycles. The van der Waals surface area contributed by atoms with Crippen LogP contribution in [0, 0.1) is 0 Å². The smallest absolute Gasteiger partial charge is 0.146 e. The fourth-order valence-corrected chi connectivity index (χ4v) is 2.16. The van der Waals surface area contributed by atoms with Crippen LogP contribution >= 0.6 is 15.9 Å². The van der Waals surface area contributed by atoms with Crippen molar-refractivity contribution in [2.24, 2.45) is 0 Å². The number of nitrogens with one attached hydrogen (secondary N) is 1. The van der Waals surface area contributed by atoms with Gasteiger partial charge in [0, 0.05) is 28.8 Å². The lowest BCUT2D eigenvalue weighted by Gasteiger charge is -2.06. The maximum absolute atomic E-state index is 5.68. The number of nitrogens with zero attached hydrogens (tertiary/aromatic N) is 1. The fourth-order valence-electron chi connectivity index (χ4n) is 1.81. The molecule has 0 unspecified atom stereocenters. The molecule has 2 aromatic rings. The zero-order valence-electron chi connectivity index (χ0n) is 10.4. The zero-order valence-corrected chi connectivity index (χ0v) is 12.0. The second kappa shape index (κ2) is 5.75. The molecule has 0 bridgehead atoms. The van der Waals surface area contributed by atoms with Crippen LogP contribution in [-0.2, 0) is 13.2 Å². The highest BCUT2D eigenvalue weighted by atomic mass is 79.9. The van der Waals surface area contributed by atoms with Crippen molar-refractivity contribution < 1.29 is 9.15 Å². The van der Waals surface area contributed by atoms with Crippen molar-refractivity contribution in [3.05, 3.63) is 46.6 Å². The number of pyridine rings is 1. The van der Waals surface area contributed by atoms with Gasteiger partial charge in [0.15, 0.2) is 0 Å². The lowest BCUT2D eigenvalue weighted by atomic mass is 10.2. The van der Waals surface area contributed by atoms with Crippen LogP contribution in [0.4, 0.5) is 0 Å². The van der Waals surface area contributed by atoms with Gasteiger partial charge in [-0.25, -0.2) is 0 Å². The fraction of sp³-hybridized carbons (Fsp3) is 0.357. The first-order valence-electron chi connectivity index (χ1n) is 6.33. The van der Waals surface area contributed by atoms with Gasteiger partial charge in [-0.3, -0.25) is 4.98 Å². The summed E-state index contributed by atoms with van der Waals surface area (Å²) in [6, 6.07) is 4.57. The largest absolute Gasteiger partial charge is 0.484 e. The molecule has 100 valence electrons. The molecule has 3 rings (SSSR count). The molecule has 5 heteroatoms. The molecule has 2 aromatic heterocycles. The number of aromatic nitrogens is 1. The van der Waals surface area contributed by atoms with Gasteiger partial charge in [0.2, 0.25) is 0 Å². The Morgan fingerprint density at radius 3 is 3.11 bits per heavy atom. The van der Waals surface area contributed by atoms with Gasteiger partial charge >= 0.3 is 0 Å². The molecule has 0 aromatic carbocycles. The van der Waals surface area contributed by atoms with Gasteiger partial charge in [0.05, 0.1) is 12.5 Å². The predicted molar refractivity (Wildman–Crippen MR) is 74.8 cm³/mol. The SMILES string of the molecule is Brc1cncc(OCc2occc2CNC2CC2)c1. The highest BCUT2D eigenvalue weighted by Gasteiger charge is 2.20. The van der Waals surface area contributed by atoms with Crippen molar-refractivity contribution in [3.63, 3.8) is 0 Å². The van der Waals surface area contributed by atoms with E-state index in [-0.39, 0.29) is 0 Å². The molecule has 0 radical (unpaired) electrons. The van der Waals surface area contributed by atoms with Crippen LogP contribution in [0.2, 0.25) is 0 Å². The summed E-state index contributed by atoms with van der Waals surface area (Å²) >= 11 is 3.37. The molecule has 0 saturated heterocycles. The molecular weight excluding hydrogens is 308 g/mol. The van der Waals surface area contributed by atoms with Gasteiger partial charge in [0.1, 0.15) is 18.1 Å².